The Labute approximate surface area is 110 Å². The van der Waals surface area contributed by atoms with E-state index in [2.05, 4.69) is 9.97 Å². The third-order valence-corrected chi connectivity index (χ3v) is 2.22. The van der Waals surface area contributed by atoms with Crippen LogP contribution in [0.2, 0.25) is 0 Å². The molecule has 0 unspecified atom stereocenters. The van der Waals surface area contributed by atoms with E-state index in [1.807, 2.05) is 0 Å². The summed E-state index contributed by atoms with van der Waals surface area (Å²) in [5.41, 5.74) is -0.849. The number of halogens is 3. The number of hydrogen-bond acceptors (Lipinski definition) is 4. The fourth-order valence-corrected chi connectivity index (χ4v) is 1.35. The molecule has 0 saturated carbocycles. The van der Waals surface area contributed by atoms with E-state index in [1.54, 1.807) is 0 Å². The van der Waals surface area contributed by atoms with Crippen LogP contribution in [0.5, 0.6) is 11.5 Å². The fraction of sp³-hybridized carbons (Fsp3) is 0.0833. The molecule has 1 N–H and O–H groups in total. The first-order valence-corrected chi connectivity index (χ1v) is 5.27. The first kappa shape index (κ1) is 13.8. The fourth-order valence-electron chi connectivity index (χ4n) is 1.35. The van der Waals surface area contributed by atoms with Crippen molar-refractivity contribution >= 4 is 5.97 Å². The molecule has 0 fully saturated rings. The molecule has 2 rings (SSSR count). The average molecular weight is 284 g/mol. The third kappa shape index (κ3) is 3.22. The van der Waals surface area contributed by atoms with Gasteiger partial charge in [0.05, 0.1) is 18.0 Å². The largest absolute Gasteiger partial charge is 0.475 e. The van der Waals surface area contributed by atoms with Gasteiger partial charge < -0.3 is 9.84 Å². The van der Waals surface area contributed by atoms with Gasteiger partial charge in [-0.1, -0.05) is 6.07 Å². The smallest absolute Gasteiger partial charge is 0.416 e. The summed E-state index contributed by atoms with van der Waals surface area (Å²) in [5, 5.41) is 8.60. The topological polar surface area (TPSA) is 72.3 Å². The molecule has 0 saturated heterocycles. The van der Waals surface area contributed by atoms with Crippen LogP contribution in [-0.2, 0) is 6.18 Å². The second-order valence-electron chi connectivity index (χ2n) is 3.68. The number of aromatic carboxylic acids is 1. The molecule has 0 spiro atoms. The molecule has 0 radical (unpaired) electrons. The number of nitrogens with zero attached hydrogens (tertiary/aromatic N) is 2. The monoisotopic (exact) mass is 284 g/mol. The molecule has 104 valence electrons. The van der Waals surface area contributed by atoms with E-state index in [-0.39, 0.29) is 11.5 Å². The van der Waals surface area contributed by atoms with Crippen molar-refractivity contribution < 1.29 is 27.8 Å². The number of aromatic nitrogens is 2. The highest BCUT2D eigenvalue weighted by atomic mass is 19.4. The lowest BCUT2D eigenvalue weighted by Crippen LogP contribution is -2.05. The number of carbonyl (C=O) groups is 1. The molecular weight excluding hydrogens is 277 g/mol. The van der Waals surface area contributed by atoms with Gasteiger partial charge in [-0.15, -0.1) is 0 Å². The van der Waals surface area contributed by atoms with Gasteiger partial charge in [0.2, 0.25) is 5.82 Å². The summed E-state index contributed by atoms with van der Waals surface area (Å²) in [6, 6.07) is 4.27. The lowest BCUT2D eigenvalue weighted by Gasteiger charge is -2.09. The van der Waals surface area contributed by atoms with E-state index >= 15 is 0 Å². The first-order valence-electron chi connectivity index (χ1n) is 5.27. The van der Waals surface area contributed by atoms with E-state index in [0.29, 0.717) is 0 Å². The van der Waals surface area contributed by atoms with Gasteiger partial charge in [0.15, 0.2) is 5.75 Å². The number of hydrogen-bond donors (Lipinski definition) is 1. The number of benzene rings is 1. The Morgan fingerprint density at radius 3 is 2.35 bits per heavy atom. The van der Waals surface area contributed by atoms with Crippen molar-refractivity contribution in [3.63, 3.8) is 0 Å². The van der Waals surface area contributed by atoms with Gasteiger partial charge in [-0.3, -0.25) is 0 Å². The van der Waals surface area contributed by atoms with Crippen molar-refractivity contribution in [3.8, 4) is 11.5 Å². The molecule has 0 aliphatic rings. The number of carboxylic acids is 1. The summed E-state index contributed by atoms with van der Waals surface area (Å²) >= 11 is 0. The van der Waals surface area contributed by atoms with Crippen LogP contribution < -0.4 is 4.74 Å². The van der Waals surface area contributed by atoms with Crippen LogP contribution in [0, 0.1) is 0 Å². The Balaban J connectivity index is 2.20. The molecular formula is C12H7F3N2O3. The van der Waals surface area contributed by atoms with Crippen LogP contribution in [0.1, 0.15) is 16.2 Å². The summed E-state index contributed by atoms with van der Waals surface area (Å²) in [6.45, 7) is 0. The Kier molecular flexibility index (Phi) is 3.55. The first-order chi connectivity index (χ1) is 9.36. The highest BCUT2D eigenvalue weighted by Crippen LogP contribution is 2.32. The Hall–Kier alpha value is -2.64. The van der Waals surface area contributed by atoms with Crippen molar-refractivity contribution in [3.05, 3.63) is 48.0 Å². The molecule has 5 nitrogen and oxygen atoms in total. The highest BCUT2D eigenvalue weighted by Gasteiger charge is 2.30. The molecule has 1 aromatic carbocycles. The molecule has 0 bridgehead atoms. The van der Waals surface area contributed by atoms with Crippen LogP contribution in [-0.4, -0.2) is 21.0 Å². The van der Waals surface area contributed by atoms with Gasteiger partial charge in [0, 0.05) is 0 Å². The molecule has 0 aliphatic carbocycles. The maximum absolute atomic E-state index is 12.5. The van der Waals surface area contributed by atoms with Gasteiger partial charge in [-0.2, -0.15) is 13.2 Å². The number of rotatable bonds is 3. The third-order valence-electron chi connectivity index (χ3n) is 2.22. The normalized spacial score (nSPS) is 11.2. The number of carboxylic acid groups (broad SMARTS) is 1. The number of alkyl halides is 3. The highest BCUT2D eigenvalue weighted by molar-refractivity contribution is 5.82. The van der Waals surface area contributed by atoms with Crippen LogP contribution in [0.4, 0.5) is 13.2 Å². The maximum atomic E-state index is 12.5. The second-order valence-corrected chi connectivity index (χ2v) is 3.68. The lowest BCUT2D eigenvalue weighted by atomic mass is 10.2. The molecule has 20 heavy (non-hydrogen) atoms. The summed E-state index contributed by atoms with van der Waals surface area (Å²) in [6.07, 6.45) is -2.34. The maximum Gasteiger partial charge on any atom is 0.416 e. The minimum atomic E-state index is -4.47. The molecule has 2 aromatic rings. The molecule has 0 amide bonds. The van der Waals surface area contributed by atoms with E-state index in [1.165, 1.54) is 12.1 Å². The number of ether oxygens (including phenoxy) is 1. The van der Waals surface area contributed by atoms with Gasteiger partial charge in [0.25, 0.3) is 0 Å². The van der Waals surface area contributed by atoms with Crippen molar-refractivity contribution in [2.24, 2.45) is 0 Å². The van der Waals surface area contributed by atoms with Crippen molar-refractivity contribution in [1.29, 1.82) is 0 Å². The van der Waals surface area contributed by atoms with Crippen LogP contribution >= 0.6 is 0 Å². The van der Waals surface area contributed by atoms with Crippen molar-refractivity contribution in [1.82, 2.24) is 9.97 Å². The Morgan fingerprint density at radius 1 is 1.15 bits per heavy atom. The van der Waals surface area contributed by atoms with Gasteiger partial charge in [-0.05, 0) is 18.2 Å². The van der Waals surface area contributed by atoms with Crippen molar-refractivity contribution in [2.45, 2.75) is 6.18 Å². The average Bonchev–Trinajstić information content (AvgIpc) is 2.38. The second kappa shape index (κ2) is 5.16. The molecule has 0 aliphatic heterocycles. The summed E-state index contributed by atoms with van der Waals surface area (Å²) in [4.78, 5) is 17.5. The lowest BCUT2D eigenvalue weighted by molar-refractivity contribution is -0.137. The van der Waals surface area contributed by atoms with Crippen molar-refractivity contribution in [2.75, 3.05) is 0 Å². The summed E-state index contributed by atoms with van der Waals surface area (Å²) in [5.74, 6) is -1.75. The molecule has 1 aromatic heterocycles. The zero-order valence-electron chi connectivity index (χ0n) is 9.76. The Bertz CT molecular complexity index is 627. The summed E-state index contributed by atoms with van der Waals surface area (Å²) in [7, 11) is 0. The molecule has 8 heteroatoms. The van der Waals surface area contributed by atoms with Crippen LogP contribution in [0.3, 0.4) is 0 Å². The quantitative estimate of drug-likeness (QED) is 0.938. The van der Waals surface area contributed by atoms with E-state index in [4.69, 9.17) is 9.84 Å². The Morgan fingerprint density at radius 2 is 1.80 bits per heavy atom. The minimum absolute atomic E-state index is 0.0364. The predicted molar refractivity (Wildman–Crippen MR) is 60.5 cm³/mol. The standard InChI is InChI=1S/C12H7F3N2O3/c13-12(14,15)7-2-1-3-8(4-7)20-9-5-16-10(11(18)19)17-6-9/h1-6H,(H,18,19). The summed E-state index contributed by atoms with van der Waals surface area (Å²) < 4.78 is 42.6. The minimum Gasteiger partial charge on any atom is -0.475 e. The van der Waals surface area contributed by atoms with E-state index in [9.17, 15) is 18.0 Å². The SMILES string of the molecule is O=C(O)c1ncc(Oc2cccc(C(F)(F)F)c2)cn1. The van der Waals surface area contributed by atoms with Gasteiger partial charge in [-0.25, -0.2) is 14.8 Å². The zero-order valence-corrected chi connectivity index (χ0v) is 9.76. The molecule has 1 heterocycles. The predicted octanol–water partition coefficient (Wildman–Crippen LogP) is 2.99. The van der Waals surface area contributed by atoms with E-state index < -0.39 is 23.5 Å². The zero-order chi connectivity index (χ0) is 14.8. The van der Waals surface area contributed by atoms with E-state index in [0.717, 1.165) is 24.5 Å². The van der Waals surface area contributed by atoms with Crippen LogP contribution in [0.15, 0.2) is 36.7 Å². The van der Waals surface area contributed by atoms with Crippen LogP contribution in [0.25, 0.3) is 0 Å². The van der Waals surface area contributed by atoms with Gasteiger partial charge in [0.1, 0.15) is 5.75 Å². The van der Waals surface area contributed by atoms with Gasteiger partial charge >= 0.3 is 12.1 Å². The molecule has 0 atom stereocenters.